The standard InChI is InChI=1S/C13H21N3OS2/c1-9-10(19-7-6-18-9)11-15-12(17-16-11)13(2)4-3-5-14-8-13/h9-10,14H,3-8H2,1-2H3. The van der Waals surface area contributed by atoms with Crippen LogP contribution in [0.3, 0.4) is 0 Å². The average molecular weight is 299 g/mol. The molecule has 3 unspecified atom stereocenters. The van der Waals surface area contributed by atoms with Crippen molar-refractivity contribution >= 4 is 23.5 Å². The van der Waals surface area contributed by atoms with Crippen LogP contribution in [0, 0.1) is 0 Å². The van der Waals surface area contributed by atoms with Gasteiger partial charge in [-0.15, -0.1) is 11.8 Å². The van der Waals surface area contributed by atoms with Crippen molar-refractivity contribution in [2.24, 2.45) is 0 Å². The Labute approximate surface area is 122 Å². The normalized spacial score (nSPS) is 36.3. The molecule has 0 spiro atoms. The lowest BCUT2D eigenvalue weighted by molar-refractivity contribution is 0.244. The molecule has 106 valence electrons. The molecule has 0 aliphatic carbocycles. The van der Waals surface area contributed by atoms with Crippen LogP contribution in [0.25, 0.3) is 0 Å². The van der Waals surface area contributed by atoms with E-state index in [1.807, 2.05) is 23.5 Å². The Kier molecular flexibility index (Phi) is 4.10. The summed E-state index contributed by atoms with van der Waals surface area (Å²) in [6, 6.07) is 0. The van der Waals surface area contributed by atoms with Gasteiger partial charge in [-0.25, -0.2) is 0 Å². The predicted molar refractivity (Wildman–Crippen MR) is 80.9 cm³/mol. The van der Waals surface area contributed by atoms with Crippen molar-refractivity contribution in [1.29, 1.82) is 0 Å². The molecule has 1 N–H and O–H groups in total. The van der Waals surface area contributed by atoms with E-state index in [2.05, 4.69) is 24.3 Å². The van der Waals surface area contributed by atoms with Gasteiger partial charge in [0.1, 0.15) is 0 Å². The van der Waals surface area contributed by atoms with Crippen molar-refractivity contribution in [3.8, 4) is 0 Å². The lowest BCUT2D eigenvalue weighted by atomic mass is 9.83. The highest BCUT2D eigenvalue weighted by molar-refractivity contribution is 8.06. The maximum absolute atomic E-state index is 5.58. The molecule has 1 aromatic heterocycles. The van der Waals surface area contributed by atoms with E-state index in [9.17, 15) is 0 Å². The molecule has 0 saturated carbocycles. The maximum Gasteiger partial charge on any atom is 0.233 e. The van der Waals surface area contributed by atoms with Crippen LogP contribution < -0.4 is 5.32 Å². The number of rotatable bonds is 2. The molecule has 2 aliphatic rings. The van der Waals surface area contributed by atoms with Crippen molar-refractivity contribution in [3.63, 3.8) is 0 Å². The van der Waals surface area contributed by atoms with E-state index in [1.54, 1.807) is 0 Å². The predicted octanol–water partition coefficient (Wildman–Crippen LogP) is 2.62. The van der Waals surface area contributed by atoms with Crippen LogP contribution in [0.5, 0.6) is 0 Å². The van der Waals surface area contributed by atoms with E-state index < -0.39 is 0 Å². The van der Waals surface area contributed by atoms with Gasteiger partial charge >= 0.3 is 0 Å². The summed E-state index contributed by atoms with van der Waals surface area (Å²) in [5.74, 6) is 4.13. The summed E-state index contributed by atoms with van der Waals surface area (Å²) >= 11 is 3.97. The fourth-order valence-corrected chi connectivity index (χ4v) is 5.43. The first-order valence-corrected chi connectivity index (χ1v) is 9.07. The second-order valence-corrected chi connectivity index (χ2v) is 8.40. The summed E-state index contributed by atoms with van der Waals surface area (Å²) in [6.07, 6.45) is 2.31. The Morgan fingerprint density at radius 3 is 2.95 bits per heavy atom. The number of piperidine rings is 1. The van der Waals surface area contributed by atoms with Crippen LogP contribution >= 0.6 is 23.5 Å². The van der Waals surface area contributed by atoms with Gasteiger partial charge in [0.25, 0.3) is 0 Å². The molecule has 0 amide bonds. The van der Waals surface area contributed by atoms with Crippen LogP contribution in [0.15, 0.2) is 4.52 Å². The van der Waals surface area contributed by atoms with Gasteiger partial charge in [-0.1, -0.05) is 12.1 Å². The van der Waals surface area contributed by atoms with Crippen LogP contribution in [-0.2, 0) is 5.41 Å². The van der Waals surface area contributed by atoms with Crippen LogP contribution in [0.4, 0.5) is 0 Å². The van der Waals surface area contributed by atoms with Crippen molar-refractivity contribution in [2.45, 2.75) is 42.6 Å². The smallest absolute Gasteiger partial charge is 0.233 e. The van der Waals surface area contributed by atoms with E-state index in [0.29, 0.717) is 10.5 Å². The first-order chi connectivity index (χ1) is 9.19. The summed E-state index contributed by atoms with van der Waals surface area (Å²) in [6.45, 7) is 6.53. The van der Waals surface area contributed by atoms with Gasteiger partial charge in [0, 0.05) is 23.3 Å². The van der Waals surface area contributed by atoms with E-state index in [4.69, 9.17) is 9.51 Å². The zero-order valence-corrected chi connectivity index (χ0v) is 13.1. The number of nitrogens with one attached hydrogen (secondary N) is 1. The van der Waals surface area contributed by atoms with Crippen molar-refractivity contribution in [3.05, 3.63) is 11.7 Å². The molecule has 2 fully saturated rings. The molecule has 19 heavy (non-hydrogen) atoms. The molecule has 2 saturated heterocycles. The largest absolute Gasteiger partial charge is 0.339 e. The molecular weight excluding hydrogens is 278 g/mol. The highest BCUT2D eigenvalue weighted by Crippen LogP contribution is 2.42. The number of hydrogen-bond donors (Lipinski definition) is 1. The first-order valence-electron chi connectivity index (χ1n) is 6.97. The third-order valence-corrected chi connectivity index (χ3v) is 7.08. The van der Waals surface area contributed by atoms with Crippen LogP contribution in [0.1, 0.15) is 43.7 Å². The van der Waals surface area contributed by atoms with Crippen LogP contribution in [-0.4, -0.2) is 40.0 Å². The molecule has 0 bridgehead atoms. The van der Waals surface area contributed by atoms with Gasteiger partial charge in [-0.05, 0) is 26.3 Å². The van der Waals surface area contributed by atoms with Gasteiger partial charge in [0.15, 0.2) is 5.82 Å². The third-order valence-electron chi connectivity index (χ3n) is 4.00. The topological polar surface area (TPSA) is 51.0 Å². The molecule has 2 aliphatic heterocycles. The Morgan fingerprint density at radius 1 is 1.37 bits per heavy atom. The van der Waals surface area contributed by atoms with E-state index in [1.165, 1.54) is 17.9 Å². The minimum atomic E-state index is 0.0131. The van der Waals surface area contributed by atoms with Crippen molar-refractivity contribution in [2.75, 3.05) is 24.6 Å². The first kappa shape index (κ1) is 13.8. The monoisotopic (exact) mass is 299 g/mol. The fraction of sp³-hybridized carbons (Fsp3) is 0.846. The van der Waals surface area contributed by atoms with Crippen molar-refractivity contribution in [1.82, 2.24) is 15.5 Å². The fourth-order valence-electron chi connectivity index (χ4n) is 2.75. The molecule has 4 nitrogen and oxygen atoms in total. The molecule has 0 radical (unpaired) electrons. The Hall–Kier alpha value is -0.200. The van der Waals surface area contributed by atoms with E-state index in [-0.39, 0.29) is 5.41 Å². The maximum atomic E-state index is 5.58. The lowest BCUT2D eigenvalue weighted by Gasteiger charge is -2.30. The summed E-state index contributed by atoms with van der Waals surface area (Å²) < 4.78 is 5.58. The highest BCUT2D eigenvalue weighted by atomic mass is 32.2. The number of hydrogen-bond acceptors (Lipinski definition) is 6. The van der Waals surface area contributed by atoms with Gasteiger partial charge in [0.2, 0.25) is 5.89 Å². The Balaban J connectivity index is 1.78. The SMILES string of the molecule is CC1SCCSC1c1noc(C2(C)CCCNC2)n1. The average Bonchev–Trinajstić information content (AvgIpc) is 2.90. The molecule has 1 aromatic rings. The minimum absolute atomic E-state index is 0.0131. The number of aromatic nitrogens is 2. The number of nitrogens with zero attached hydrogens (tertiary/aromatic N) is 2. The molecule has 3 rings (SSSR count). The quantitative estimate of drug-likeness (QED) is 0.906. The van der Waals surface area contributed by atoms with Gasteiger partial charge < -0.3 is 9.84 Å². The van der Waals surface area contributed by atoms with Crippen molar-refractivity contribution < 1.29 is 4.52 Å². The summed E-state index contributed by atoms with van der Waals surface area (Å²) in [5.41, 5.74) is 0.0131. The summed E-state index contributed by atoms with van der Waals surface area (Å²) in [4.78, 5) is 4.73. The zero-order valence-electron chi connectivity index (χ0n) is 11.5. The Bertz CT molecular complexity index is 431. The summed E-state index contributed by atoms with van der Waals surface area (Å²) in [5, 5.41) is 8.65. The van der Waals surface area contributed by atoms with Crippen LogP contribution in [0.2, 0.25) is 0 Å². The third kappa shape index (κ3) is 2.81. The summed E-state index contributed by atoms with van der Waals surface area (Å²) in [7, 11) is 0. The Morgan fingerprint density at radius 2 is 2.21 bits per heavy atom. The zero-order chi connectivity index (χ0) is 13.3. The molecule has 0 aromatic carbocycles. The molecular formula is C13H21N3OS2. The highest BCUT2D eigenvalue weighted by Gasteiger charge is 2.36. The lowest BCUT2D eigenvalue weighted by Crippen LogP contribution is -2.41. The van der Waals surface area contributed by atoms with Gasteiger partial charge in [-0.2, -0.15) is 16.7 Å². The molecule has 6 heteroatoms. The van der Waals surface area contributed by atoms with Gasteiger partial charge in [0.05, 0.1) is 10.7 Å². The van der Waals surface area contributed by atoms with E-state index >= 15 is 0 Å². The minimum Gasteiger partial charge on any atom is -0.339 e. The second-order valence-electron chi connectivity index (χ2n) is 5.67. The number of thioether (sulfide) groups is 2. The van der Waals surface area contributed by atoms with Gasteiger partial charge in [-0.3, -0.25) is 0 Å². The van der Waals surface area contributed by atoms with E-state index in [0.717, 1.165) is 31.2 Å². The molecule has 3 heterocycles. The molecule has 3 atom stereocenters. The second kappa shape index (κ2) is 5.66.